The van der Waals surface area contributed by atoms with E-state index in [0.717, 1.165) is 49.2 Å². The van der Waals surface area contributed by atoms with Gasteiger partial charge in [0.25, 0.3) is 0 Å². The zero-order chi connectivity index (χ0) is 22.3. The van der Waals surface area contributed by atoms with Crippen LogP contribution in [-0.4, -0.2) is 59.7 Å². The highest BCUT2D eigenvalue weighted by molar-refractivity contribution is 5.90. The summed E-state index contributed by atoms with van der Waals surface area (Å²) in [6.45, 7) is 2.35. The smallest absolute Gasteiger partial charge is 0.243 e. The van der Waals surface area contributed by atoms with Crippen LogP contribution >= 0.6 is 0 Å². The number of amides is 1. The van der Waals surface area contributed by atoms with E-state index in [1.54, 1.807) is 20.3 Å². The second-order valence-corrected chi connectivity index (χ2v) is 9.01. The van der Waals surface area contributed by atoms with Gasteiger partial charge in [0.15, 0.2) is 11.5 Å². The summed E-state index contributed by atoms with van der Waals surface area (Å²) in [4.78, 5) is 18.2. The number of rotatable bonds is 6. The van der Waals surface area contributed by atoms with Gasteiger partial charge < -0.3 is 19.5 Å². The van der Waals surface area contributed by atoms with Crippen molar-refractivity contribution in [1.82, 2.24) is 9.80 Å². The average Bonchev–Trinajstić information content (AvgIpc) is 3.44. The first-order chi connectivity index (χ1) is 15.6. The van der Waals surface area contributed by atoms with Gasteiger partial charge in [-0.15, -0.1) is 0 Å². The third kappa shape index (κ3) is 3.25. The summed E-state index contributed by atoms with van der Waals surface area (Å²) < 4.78 is 10.7. The normalized spacial score (nSPS) is 27.2. The van der Waals surface area contributed by atoms with Crippen molar-refractivity contribution in [1.29, 1.82) is 0 Å². The van der Waals surface area contributed by atoms with E-state index in [2.05, 4.69) is 17.1 Å². The number of carbonyl (C=O) groups excluding carboxylic acids is 1. The van der Waals surface area contributed by atoms with E-state index < -0.39 is 0 Å². The molecular formula is C26H30N2O4. The van der Waals surface area contributed by atoms with Gasteiger partial charge in [-0.2, -0.15) is 0 Å². The molecule has 3 atom stereocenters. The number of hydrogen-bond acceptors (Lipinski definition) is 5. The lowest BCUT2D eigenvalue weighted by Gasteiger charge is -2.32. The van der Waals surface area contributed by atoms with Crippen molar-refractivity contribution >= 4 is 12.0 Å². The van der Waals surface area contributed by atoms with Crippen molar-refractivity contribution < 1.29 is 19.4 Å². The quantitative estimate of drug-likeness (QED) is 0.751. The van der Waals surface area contributed by atoms with Gasteiger partial charge in [-0.25, -0.2) is 0 Å². The van der Waals surface area contributed by atoms with Crippen molar-refractivity contribution in [3.63, 3.8) is 0 Å². The van der Waals surface area contributed by atoms with E-state index in [1.807, 2.05) is 41.3 Å². The largest absolute Gasteiger partial charge is 0.504 e. The Morgan fingerprint density at radius 2 is 1.97 bits per heavy atom. The molecule has 0 aromatic heterocycles. The summed E-state index contributed by atoms with van der Waals surface area (Å²) in [5, 5.41) is 9.83. The zero-order valence-electron chi connectivity index (χ0n) is 18.7. The first-order valence-corrected chi connectivity index (χ1v) is 11.3. The molecule has 3 fully saturated rings. The number of aromatic hydroxyl groups is 1. The Morgan fingerprint density at radius 3 is 2.78 bits per heavy atom. The minimum Gasteiger partial charge on any atom is -0.504 e. The molecule has 0 unspecified atom stereocenters. The Balaban J connectivity index is 1.35. The Hall–Kier alpha value is -2.99. The van der Waals surface area contributed by atoms with E-state index in [-0.39, 0.29) is 23.2 Å². The fourth-order valence-corrected chi connectivity index (χ4v) is 6.01. The SMILES string of the molecule is COc1cc(C=C[C@@H]2C[C@H]3CN(Cc4ccccc4OC)C(=O)[C@]34CCCN24)ccc1O. The summed E-state index contributed by atoms with van der Waals surface area (Å²) in [5.41, 5.74) is 1.68. The number of phenols is 1. The van der Waals surface area contributed by atoms with Crippen LogP contribution in [0, 0.1) is 5.92 Å². The van der Waals surface area contributed by atoms with E-state index in [0.29, 0.717) is 18.2 Å². The number of nitrogens with zero attached hydrogens (tertiary/aromatic N) is 2. The highest BCUT2D eigenvalue weighted by atomic mass is 16.5. The molecule has 0 radical (unpaired) electrons. The average molecular weight is 435 g/mol. The summed E-state index contributed by atoms with van der Waals surface area (Å²) in [5.74, 6) is 2.06. The van der Waals surface area contributed by atoms with Gasteiger partial charge >= 0.3 is 0 Å². The number of hydrogen-bond donors (Lipinski definition) is 1. The lowest BCUT2D eigenvalue weighted by molar-refractivity contribution is -0.137. The Bertz CT molecular complexity index is 1050. The molecule has 0 saturated carbocycles. The molecule has 6 heteroatoms. The number of carbonyl (C=O) groups is 1. The summed E-state index contributed by atoms with van der Waals surface area (Å²) >= 11 is 0. The van der Waals surface area contributed by atoms with Crippen molar-refractivity contribution in [2.75, 3.05) is 27.3 Å². The predicted octanol–water partition coefficient (Wildman–Crippen LogP) is 3.69. The number of phenolic OH excluding ortho intramolecular Hbond substituents is 1. The standard InChI is InChI=1S/C26H30N2O4/c1-31-23-7-4-3-6-19(23)16-27-17-20-15-21(28-13-5-12-26(20,28)25(27)30)10-8-18-9-11-22(29)24(14-18)32-2/h3-4,6-11,14,20-21,29H,5,12-13,15-17H2,1-2H3/t20-,21+,26-/m0/s1. The molecule has 3 aliphatic heterocycles. The van der Waals surface area contributed by atoms with Crippen LogP contribution < -0.4 is 9.47 Å². The van der Waals surface area contributed by atoms with Gasteiger partial charge in [0.05, 0.1) is 14.2 Å². The van der Waals surface area contributed by atoms with Crippen LogP contribution in [0.2, 0.25) is 0 Å². The first-order valence-electron chi connectivity index (χ1n) is 11.3. The molecule has 3 aliphatic rings. The minimum absolute atomic E-state index is 0.138. The van der Waals surface area contributed by atoms with Crippen LogP contribution in [0.5, 0.6) is 17.2 Å². The molecule has 0 aliphatic carbocycles. The van der Waals surface area contributed by atoms with Gasteiger partial charge in [0, 0.05) is 30.6 Å². The van der Waals surface area contributed by atoms with Crippen LogP contribution in [-0.2, 0) is 11.3 Å². The molecule has 32 heavy (non-hydrogen) atoms. The Morgan fingerprint density at radius 1 is 1.16 bits per heavy atom. The summed E-state index contributed by atoms with van der Waals surface area (Å²) in [7, 11) is 3.23. The second-order valence-electron chi connectivity index (χ2n) is 9.01. The van der Waals surface area contributed by atoms with Gasteiger partial charge in [-0.1, -0.05) is 36.4 Å². The monoisotopic (exact) mass is 434 g/mol. The number of para-hydroxylation sites is 1. The lowest BCUT2D eigenvalue weighted by Crippen LogP contribution is -2.50. The maximum atomic E-state index is 13.7. The number of benzene rings is 2. The van der Waals surface area contributed by atoms with Gasteiger partial charge in [0.2, 0.25) is 5.91 Å². The topological polar surface area (TPSA) is 62.2 Å². The van der Waals surface area contributed by atoms with E-state index >= 15 is 0 Å². The molecule has 1 spiro atoms. The third-order valence-corrected chi connectivity index (χ3v) is 7.44. The molecule has 6 nitrogen and oxygen atoms in total. The fraction of sp³-hybridized carbons (Fsp3) is 0.423. The van der Waals surface area contributed by atoms with Crippen molar-refractivity contribution in [2.24, 2.45) is 5.92 Å². The number of ether oxygens (including phenoxy) is 2. The van der Waals surface area contributed by atoms with Crippen LogP contribution in [0.3, 0.4) is 0 Å². The maximum absolute atomic E-state index is 13.7. The van der Waals surface area contributed by atoms with Crippen molar-refractivity contribution in [3.05, 3.63) is 59.7 Å². The lowest BCUT2D eigenvalue weighted by atomic mass is 9.85. The number of likely N-dealkylation sites (tertiary alicyclic amines) is 1. The molecule has 2 aromatic carbocycles. The number of methoxy groups -OCH3 is 2. The summed E-state index contributed by atoms with van der Waals surface area (Å²) in [6.07, 6.45) is 7.28. The molecule has 3 heterocycles. The highest BCUT2D eigenvalue weighted by Gasteiger charge is 2.64. The zero-order valence-corrected chi connectivity index (χ0v) is 18.7. The van der Waals surface area contributed by atoms with Crippen molar-refractivity contribution in [2.45, 2.75) is 37.4 Å². The molecule has 5 rings (SSSR count). The Kier molecular flexibility index (Phi) is 5.33. The molecule has 1 N–H and O–H groups in total. The molecule has 168 valence electrons. The maximum Gasteiger partial charge on any atom is 0.243 e. The fourth-order valence-electron chi connectivity index (χ4n) is 6.01. The van der Waals surface area contributed by atoms with Crippen LogP contribution in [0.4, 0.5) is 0 Å². The minimum atomic E-state index is -0.357. The predicted molar refractivity (Wildman–Crippen MR) is 123 cm³/mol. The molecular weight excluding hydrogens is 404 g/mol. The van der Waals surface area contributed by atoms with Crippen LogP contribution in [0.15, 0.2) is 48.5 Å². The highest BCUT2D eigenvalue weighted by Crippen LogP contribution is 2.52. The van der Waals surface area contributed by atoms with E-state index in [4.69, 9.17) is 9.47 Å². The van der Waals surface area contributed by atoms with Crippen LogP contribution in [0.25, 0.3) is 6.08 Å². The van der Waals surface area contributed by atoms with Crippen molar-refractivity contribution in [3.8, 4) is 17.2 Å². The molecule has 2 aromatic rings. The van der Waals surface area contributed by atoms with Gasteiger partial charge in [-0.3, -0.25) is 9.69 Å². The van der Waals surface area contributed by atoms with E-state index in [9.17, 15) is 9.90 Å². The second kappa shape index (κ2) is 8.17. The van der Waals surface area contributed by atoms with Crippen LogP contribution in [0.1, 0.15) is 30.4 Å². The molecule has 3 saturated heterocycles. The molecule has 0 bridgehead atoms. The van der Waals surface area contributed by atoms with Gasteiger partial charge in [-0.05, 0) is 49.6 Å². The first kappa shape index (κ1) is 20.9. The molecule has 1 amide bonds. The van der Waals surface area contributed by atoms with E-state index in [1.165, 1.54) is 0 Å². The summed E-state index contributed by atoms with van der Waals surface area (Å²) in [6, 6.07) is 13.6. The van der Waals surface area contributed by atoms with Gasteiger partial charge in [0.1, 0.15) is 11.3 Å². The Labute approximate surface area is 189 Å². The third-order valence-electron chi connectivity index (χ3n) is 7.44.